The molecule has 2 heterocycles. The molecule has 7 heteroatoms. The number of carbonyl (C=O) groups is 1. The Kier molecular flexibility index (Phi) is 3.56. The quantitative estimate of drug-likeness (QED) is 0.841. The maximum Gasteiger partial charge on any atom is 0.407 e. The molecule has 0 spiro atoms. The van der Waals surface area contributed by atoms with E-state index in [1.807, 2.05) is 18.7 Å². The van der Waals surface area contributed by atoms with Gasteiger partial charge in [-0.3, -0.25) is 4.90 Å². The molecular formula is C11H15ClN4O2. The first-order chi connectivity index (χ1) is 8.49. The van der Waals surface area contributed by atoms with Gasteiger partial charge < -0.3 is 10.0 Å². The van der Waals surface area contributed by atoms with Gasteiger partial charge in [0, 0.05) is 13.1 Å². The molecule has 0 radical (unpaired) electrons. The Morgan fingerprint density at radius 1 is 1.33 bits per heavy atom. The average molecular weight is 271 g/mol. The predicted octanol–water partition coefficient (Wildman–Crippen LogP) is 1.71. The highest BCUT2D eigenvalue weighted by Crippen LogP contribution is 2.20. The van der Waals surface area contributed by atoms with Gasteiger partial charge in [-0.15, -0.1) is 0 Å². The van der Waals surface area contributed by atoms with Gasteiger partial charge in [0.1, 0.15) is 0 Å². The van der Waals surface area contributed by atoms with E-state index in [9.17, 15) is 4.79 Å². The Labute approximate surface area is 110 Å². The fourth-order valence-electron chi connectivity index (χ4n) is 2.33. The van der Waals surface area contributed by atoms with E-state index >= 15 is 0 Å². The minimum atomic E-state index is -0.883. The summed E-state index contributed by atoms with van der Waals surface area (Å²) in [5.41, 5.74) is 0. The molecule has 1 aliphatic heterocycles. The Hall–Kier alpha value is -1.56. The number of hydrogen-bond acceptors (Lipinski definition) is 4. The topological polar surface area (TPSA) is 69.6 Å². The van der Waals surface area contributed by atoms with Crippen LogP contribution in [0.3, 0.4) is 0 Å². The van der Waals surface area contributed by atoms with E-state index in [0.717, 1.165) is 0 Å². The third-order valence-corrected chi connectivity index (χ3v) is 3.22. The van der Waals surface area contributed by atoms with Crippen molar-refractivity contribution in [3.05, 3.63) is 17.4 Å². The maximum atomic E-state index is 11.1. The van der Waals surface area contributed by atoms with Crippen LogP contribution in [0.25, 0.3) is 0 Å². The Morgan fingerprint density at radius 2 is 1.83 bits per heavy atom. The van der Waals surface area contributed by atoms with Crippen molar-refractivity contribution in [2.45, 2.75) is 25.9 Å². The Balaban J connectivity index is 2.15. The molecule has 2 rings (SSSR count). The molecule has 0 saturated carbocycles. The highest BCUT2D eigenvalue weighted by atomic mass is 35.5. The van der Waals surface area contributed by atoms with Gasteiger partial charge in [0.05, 0.1) is 29.5 Å². The molecular weight excluding hydrogens is 256 g/mol. The molecule has 18 heavy (non-hydrogen) atoms. The molecule has 1 N–H and O–H groups in total. The number of hydrogen-bond donors (Lipinski definition) is 1. The van der Waals surface area contributed by atoms with Crippen molar-refractivity contribution in [1.29, 1.82) is 0 Å². The Bertz CT molecular complexity index is 427. The monoisotopic (exact) mass is 270 g/mol. The molecule has 1 aromatic rings. The average Bonchev–Trinajstić information content (AvgIpc) is 2.28. The predicted molar refractivity (Wildman–Crippen MR) is 68.0 cm³/mol. The van der Waals surface area contributed by atoms with Crippen LogP contribution in [0.15, 0.2) is 12.4 Å². The molecule has 1 fully saturated rings. The number of nitrogens with zero attached hydrogens (tertiary/aromatic N) is 4. The summed E-state index contributed by atoms with van der Waals surface area (Å²) < 4.78 is 0. The zero-order valence-electron chi connectivity index (χ0n) is 10.2. The van der Waals surface area contributed by atoms with Crippen LogP contribution in [0.4, 0.5) is 10.7 Å². The number of halogens is 1. The van der Waals surface area contributed by atoms with Gasteiger partial charge in [-0.25, -0.2) is 14.8 Å². The van der Waals surface area contributed by atoms with Gasteiger partial charge in [0.2, 0.25) is 5.95 Å². The Morgan fingerprint density at radius 3 is 2.28 bits per heavy atom. The van der Waals surface area contributed by atoms with Crippen LogP contribution >= 0.6 is 11.6 Å². The molecule has 1 aromatic heterocycles. The highest BCUT2D eigenvalue weighted by Gasteiger charge is 2.33. The molecule has 98 valence electrons. The maximum absolute atomic E-state index is 11.1. The van der Waals surface area contributed by atoms with E-state index in [1.54, 1.807) is 12.4 Å². The zero-order valence-corrected chi connectivity index (χ0v) is 11.0. The van der Waals surface area contributed by atoms with Crippen LogP contribution in [0.1, 0.15) is 13.8 Å². The molecule has 2 atom stereocenters. The molecule has 1 saturated heterocycles. The summed E-state index contributed by atoms with van der Waals surface area (Å²) >= 11 is 5.74. The summed E-state index contributed by atoms with van der Waals surface area (Å²) in [6.45, 7) is 4.93. The highest BCUT2D eigenvalue weighted by molar-refractivity contribution is 6.30. The third-order valence-electron chi connectivity index (χ3n) is 3.03. The van der Waals surface area contributed by atoms with Gasteiger partial charge in [0.15, 0.2) is 0 Å². The fourth-order valence-corrected chi connectivity index (χ4v) is 2.43. The van der Waals surface area contributed by atoms with E-state index in [2.05, 4.69) is 9.97 Å². The number of rotatable bonds is 1. The lowest BCUT2D eigenvalue weighted by Gasteiger charge is -2.42. The second-order valence-corrected chi connectivity index (χ2v) is 4.93. The summed E-state index contributed by atoms with van der Waals surface area (Å²) in [5.74, 6) is 0.586. The summed E-state index contributed by atoms with van der Waals surface area (Å²) in [6.07, 6.45) is 2.21. The van der Waals surface area contributed by atoms with Gasteiger partial charge in [-0.2, -0.15) is 0 Å². The van der Waals surface area contributed by atoms with Crippen LogP contribution < -0.4 is 4.90 Å². The van der Waals surface area contributed by atoms with Gasteiger partial charge in [0.25, 0.3) is 0 Å². The van der Waals surface area contributed by atoms with Crippen LogP contribution in [-0.4, -0.2) is 51.2 Å². The van der Waals surface area contributed by atoms with Crippen LogP contribution in [0, 0.1) is 0 Å². The van der Waals surface area contributed by atoms with Crippen molar-refractivity contribution < 1.29 is 9.90 Å². The van der Waals surface area contributed by atoms with Crippen molar-refractivity contribution in [3.8, 4) is 0 Å². The molecule has 0 aliphatic carbocycles. The van der Waals surface area contributed by atoms with Crippen molar-refractivity contribution >= 4 is 23.6 Å². The standard InChI is InChI=1S/C11H15ClN4O2/c1-7-5-15(6-8(2)16(7)11(17)18)10-13-3-9(12)4-14-10/h3-4,7-8H,5-6H2,1-2H3,(H,17,18)/t7-,8+. The molecule has 0 bridgehead atoms. The third kappa shape index (κ3) is 2.48. The number of carboxylic acid groups (broad SMARTS) is 1. The van der Waals surface area contributed by atoms with E-state index in [-0.39, 0.29) is 12.1 Å². The van der Waals surface area contributed by atoms with Gasteiger partial charge in [-0.05, 0) is 13.8 Å². The lowest BCUT2D eigenvalue weighted by Crippen LogP contribution is -2.58. The first-order valence-corrected chi connectivity index (χ1v) is 6.10. The smallest absolute Gasteiger partial charge is 0.407 e. The summed E-state index contributed by atoms with van der Waals surface area (Å²) in [6, 6.07) is -0.184. The normalized spacial score (nSPS) is 24.2. The first kappa shape index (κ1) is 12.9. The summed E-state index contributed by atoms with van der Waals surface area (Å²) in [5, 5.41) is 9.62. The summed E-state index contributed by atoms with van der Waals surface area (Å²) in [4.78, 5) is 22.9. The lowest BCUT2D eigenvalue weighted by atomic mass is 10.1. The van der Waals surface area contributed by atoms with Crippen LogP contribution in [0.2, 0.25) is 5.02 Å². The molecule has 0 unspecified atom stereocenters. The SMILES string of the molecule is C[C@@H]1CN(c2ncc(Cl)cn2)C[C@H](C)N1C(=O)O. The van der Waals surface area contributed by atoms with Crippen molar-refractivity contribution in [2.24, 2.45) is 0 Å². The van der Waals surface area contributed by atoms with Crippen LogP contribution in [0.5, 0.6) is 0 Å². The van der Waals surface area contributed by atoms with Crippen LogP contribution in [-0.2, 0) is 0 Å². The molecule has 6 nitrogen and oxygen atoms in total. The zero-order chi connectivity index (χ0) is 13.3. The van der Waals surface area contributed by atoms with Gasteiger partial charge in [-0.1, -0.05) is 11.6 Å². The summed E-state index contributed by atoms with van der Waals surface area (Å²) in [7, 11) is 0. The van der Waals surface area contributed by atoms with E-state index in [1.165, 1.54) is 4.90 Å². The van der Waals surface area contributed by atoms with Crippen molar-refractivity contribution in [2.75, 3.05) is 18.0 Å². The second kappa shape index (κ2) is 4.97. The first-order valence-electron chi connectivity index (χ1n) is 5.72. The molecule has 0 aromatic carbocycles. The van der Waals surface area contributed by atoms with E-state index in [0.29, 0.717) is 24.1 Å². The number of aromatic nitrogens is 2. The van der Waals surface area contributed by atoms with Gasteiger partial charge >= 0.3 is 6.09 Å². The minimum Gasteiger partial charge on any atom is -0.465 e. The molecule has 1 aliphatic rings. The van der Waals surface area contributed by atoms with E-state index < -0.39 is 6.09 Å². The fraction of sp³-hybridized carbons (Fsp3) is 0.545. The lowest BCUT2D eigenvalue weighted by molar-refractivity contribution is 0.0979. The van der Waals surface area contributed by atoms with Crippen molar-refractivity contribution in [3.63, 3.8) is 0 Å². The number of anilines is 1. The molecule has 1 amide bonds. The largest absolute Gasteiger partial charge is 0.465 e. The number of amides is 1. The van der Waals surface area contributed by atoms with Crippen molar-refractivity contribution in [1.82, 2.24) is 14.9 Å². The minimum absolute atomic E-state index is 0.0921. The van der Waals surface area contributed by atoms with E-state index in [4.69, 9.17) is 16.7 Å². The second-order valence-electron chi connectivity index (χ2n) is 4.49. The number of piperazine rings is 1.